The molecule has 0 fully saturated rings. The average Bonchev–Trinajstić information content (AvgIpc) is 2.73. The van der Waals surface area contributed by atoms with Crippen LogP contribution in [0.2, 0.25) is 0 Å². The van der Waals surface area contributed by atoms with Crippen LogP contribution in [0, 0.1) is 0 Å². The number of benzene rings is 2. The van der Waals surface area contributed by atoms with Crippen molar-refractivity contribution < 1.29 is 22.7 Å². The van der Waals surface area contributed by atoms with Gasteiger partial charge in [0.05, 0.1) is 29.3 Å². The molecule has 0 bridgehead atoms. The summed E-state index contributed by atoms with van der Waals surface area (Å²) in [5.41, 5.74) is 2.39. The van der Waals surface area contributed by atoms with Crippen molar-refractivity contribution in [3.05, 3.63) is 72.8 Å². The highest BCUT2D eigenvalue weighted by Gasteiger charge is 2.31. The number of carbonyl (C=O) groups excluding carboxylic acids is 1. The summed E-state index contributed by atoms with van der Waals surface area (Å²) in [5.74, 6) is -0.295. The first-order valence-corrected chi connectivity index (χ1v) is 9.04. The van der Waals surface area contributed by atoms with Gasteiger partial charge in [-0.2, -0.15) is 0 Å². The lowest BCUT2D eigenvalue weighted by molar-refractivity contribution is -0.274. The molecule has 4 rings (SSSR count). The third kappa shape index (κ3) is 5.10. The van der Waals surface area contributed by atoms with Crippen LogP contribution >= 0.6 is 0 Å². The quantitative estimate of drug-likeness (QED) is 0.516. The number of halogens is 3. The maximum absolute atomic E-state index is 12.5. The van der Waals surface area contributed by atoms with Crippen LogP contribution in [0.3, 0.4) is 0 Å². The molecular weight excluding hydrogens is 411 g/mol. The molecule has 1 amide bonds. The maximum atomic E-state index is 12.5. The lowest BCUT2D eigenvalue weighted by atomic mass is 10.1. The molecule has 10 heteroatoms. The fourth-order valence-corrected chi connectivity index (χ4v) is 2.95. The topological polar surface area (TPSA) is 89.9 Å². The van der Waals surface area contributed by atoms with Gasteiger partial charge in [-0.3, -0.25) is 9.78 Å². The number of alkyl halides is 3. The standard InChI is InChI=1S/C21H14F3N5O2/c22-21(23,24)31-15-5-1-3-13(9-15)17-11-26-16-6-2-4-14(20(16)28-17)10-19(30)29-18-7-8-25-12-27-18/h1-9,11-12H,10H2,(H,25,27,29,30). The van der Waals surface area contributed by atoms with E-state index in [0.29, 0.717) is 33.7 Å². The molecule has 0 atom stereocenters. The molecule has 156 valence electrons. The van der Waals surface area contributed by atoms with Crippen LogP contribution in [-0.4, -0.2) is 32.2 Å². The first-order chi connectivity index (χ1) is 14.9. The number of carbonyl (C=O) groups is 1. The van der Waals surface area contributed by atoms with Crippen LogP contribution in [0.4, 0.5) is 19.0 Å². The molecule has 2 aromatic carbocycles. The largest absolute Gasteiger partial charge is 0.573 e. The normalized spacial score (nSPS) is 11.3. The molecule has 0 aliphatic heterocycles. The molecule has 4 aromatic rings. The summed E-state index contributed by atoms with van der Waals surface area (Å²) in [6.45, 7) is 0. The minimum Gasteiger partial charge on any atom is -0.406 e. The maximum Gasteiger partial charge on any atom is 0.573 e. The minimum atomic E-state index is -4.79. The zero-order valence-electron chi connectivity index (χ0n) is 15.8. The van der Waals surface area contributed by atoms with Gasteiger partial charge in [-0.05, 0) is 29.8 Å². The number of fused-ring (bicyclic) bond motifs is 1. The van der Waals surface area contributed by atoms with Gasteiger partial charge in [0.25, 0.3) is 0 Å². The number of rotatable bonds is 5. The highest BCUT2D eigenvalue weighted by atomic mass is 19.4. The zero-order chi connectivity index (χ0) is 21.8. The van der Waals surface area contributed by atoms with Crippen LogP contribution < -0.4 is 10.1 Å². The number of hydrogen-bond donors (Lipinski definition) is 1. The number of nitrogens with one attached hydrogen (secondary N) is 1. The molecule has 0 aliphatic carbocycles. The molecule has 0 saturated heterocycles. The summed E-state index contributed by atoms with van der Waals surface area (Å²) in [6, 6.07) is 12.3. The van der Waals surface area contributed by atoms with Gasteiger partial charge in [-0.1, -0.05) is 24.3 Å². The van der Waals surface area contributed by atoms with E-state index in [1.54, 1.807) is 30.3 Å². The Hall–Kier alpha value is -4.08. The van der Waals surface area contributed by atoms with E-state index in [4.69, 9.17) is 0 Å². The number of ether oxygens (including phenoxy) is 1. The molecule has 7 nitrogen and oxygen atoms in total. The Labute approximate surface area is 174 Å². The first-order valence-electron chi connectivity index (χ1n) is 9.04. The summed E-state index contributed by atoms with van der Waals surface area (Å²) in [7, 11) is 0. The van der Waals surface area contributed by atoms with Gasteiger partial charge < -0.3 is 10.1 Å². The number of hydrogen-bond acceptors (Lipinski definition) is 6. The lowest BCUT2D eigenvalue weighted by Crippen LogP contribution is -2.17. The summed E-state index contributed by atoms with van der Waals surface area (Å²) in [4.78, 5) is 29.0. The van der Waals surface area contributed by atoms with Crippen LogP contribution in [-0.2, 0) is 11.2 Å². The number of aromatic nitrogens is 4. The molecular formula is C21H14F3N5O2. The van der Waals surface area contributed by atoms with Crippen molar-refractivity contribution in [2.75, 3.05) is 5.32 Å². The lowest BCUT2D eigenvalue weighted by Gasteiger charge is -2.11. The van der Waals surface area contributed by atoms with Gasteiger partial charge in [0.1, 0.15) is 17.9 Å². The Morgan fingerprint density at radius 3 is 2.68 bits per heavy atom. The van der Waals surface area contributed by atoms with Gasteiger partial charge in [-0.25, -0.2) is 15.0 Å². The molecule has 0 saturated carbocycles. The van der Waals surface area contributed by atoms with Gasteiger partial charge >= 0.3 is 6.36 Å². The minimum absolute atomic E-state index is 0.0106. The van der Waals surface area contributed by atoms with Crippen LogP contribution in [0.1, 0.15) is 5.56 Å². The highest BCUT2D eigenvalue weighted by Crippen LogP contribution is 2.28. The number of amides is 1. The van der Waals surface area contributed by atoms with Gasteiger partial charge in [-0.15, -0.1) is 13.2 Å². The van der Waals surface area contributed by atoms with E-state index in [-0.39, 0.29) is 18.1 Å². The van der Waals surface area contributed by atoms with Gasteiger partial charge in [0, 0.05) is 11.8 Å². The van der Waals surface area contributed by atoms with Crippen molar-refractivity contribution in [3.8, 4) is 17.0 Å². The van der Waals surface area contributed by atoms with Crippen LogP contribution in [0.15, 0.2) is 67.3 Å². The van der Waals surface area contributed by atoms with Crippen molar-refractivity contribution in [1.82, 2.24) is 19.9 Å². The Bertz CT molecular complexity index is 1230. The summed E-state index contributed by atoms with van der Waals surface area (Å²) < 4.78 is 41.5. The van der Waals surface area contributed by atoms with Crippen molar-refractivity contribution >= 4 is 22.8 Å². The zero-order valence-corrected chi connectivity index (χ0v) is 15.8. The number of para-hydroxylation sites is 1. The van der Waals surface area contributed by atoms with Crippen molar-refractivity contribution in [1.29, 1.82) is 0 Å². The second-order valence-corrected chi connectivity index (χ2v) is 6.44. The van der Waals surface area contributed by atoms with Gasteiger partial charge in [0.2, 0.25) is 5.91 Å². The van der Waals surface area contributed by atoms with E-state index in [2.05, 4.69) is 30.0 Å². The highest BCUT2D eigenvalue weighted by molar-refractivity contribution is 5.94. The van der Waals surface area contributed by atoms with Crippen molar-refractivity contribution in [2.45, 2.75) is 12.8 Å². The SMILES string of the molecule is O=C(Cc1cccc2ncc(-c3cccc(OC(F)(F)F)c3)nc12)Nc1ccncn1. The van der Waals surface area contributed by atoms with E-state index < -0.39 is 6.36 Å². The van der Waals surface area contributed by atoms with Crippen LogP contribution in [0.25, 0.3) is 22.3 Å². The molecule has 0 radical (unpaired) electrons. The Kier molecular flexibility index (Phi) is 5.44. The van der Waals surface area contributed by atoms with Crippen LogP contribution in [0.5, 0.6) is 5.75 Å². The smallest absolute Gasteiger partial charge is 0.406 e. The van der Waals surface area contributed by atoms with Crippen molar-refractivity contribution in [3.63, 3.8) is 0 Å². The number of anilines is 1. The van der Waals surface area contributed by atoms with E-state index in [0.717, 1.165) is 0 Å². The Balaban J connectivity index is 1.63. The first kappa shape index (κ1) is 20.2. The fourth-order valence-electron chi connectivity index (χ4n) is 2.95. The van der Waals surface area contributed by atoms with Crippen molar-refractivity contribution in [2.24, 2.45) is 0 Å². The second-order valence-electron chi connectivity index (χ2n) is 6.44. The van der Waals surface area contributed by atoms with E-state index >= 15 is 0 Å². The molecule has 0 spiro atoms. The average molecular weight is 425 g/mol. The fraction of sp³-hybridized carbons (Fsp3) is 0.0952. The molecule has 1 N–H and O–H groups in total. The van der Waals surface area contributed by atoms with Gasteiger partial charge in [0.15, 0.2) is 0 Å². The predicted molar refractivity (Wildman–Crippen MR) is 106 cm³/mol. The molecule has 2 heterocycles. The van der Waals surface area contributed by atoms with E-state index in [1.807, 2.05) is 0 Å². The Morgan fingerprint density at radius 2 is 1.90 bits per heavy atom. The summed E-state index contributed by atoms with van der Waals surface area (Å²) in [5, 5.41) is 2.67. The monoisotopic (exact) mass is 425 g/mol. The molecule has 31 heavy (non-hydrogen) atoms. The third-order valence-corrected chi connectivity index (χ3v) is 4.22. The molecule has 0 aliphatic rings. The Morgan fingerprint density at radius 1 is 1.06 bits per heavy atom. The van der Waals surface area contributed by atoms with E-state index in [9.17, 15) is 18.0 Å². The summed E-state index contributed by atoms with van der Waals surface area (Å²) >= 11 is 0. The third-order valence-electron chi connectivity index (χ3n) is 4.22. The summed E-state index contributed by atoms with van der Waals surface area (Å²) in [6.07, 6.45) is -0.495. The number of nitrogens with zero attached hydrogens (tertiary/aromatic N) is 4. The van der Waals surface area contributed by atoms with E-state index in [1.165, 1.54) is 36.9 Å². The molecule has 0 unspecified atom stereocenters. The molecule has 2 aromatic heterocycles. The predicted octanol–water partition coefficient (Wildman–Crippen LogP) is 4.17. The second kappa shape index (κ2) is 8.34.